The van der Waals surface area contributed by atoms with Gasteiger partial charge in [-0.25, -0.2) is 0 Å². The van der Waals surface area contributed by atoms with E-state index < -0.39 is 0 Å². The fourth-order valence-corrected chi connectivity index (χ4v) is 1.27. The third-order valence-electron chi connectivity index (χ3n) is 2.37. The molecule has 0 spiro atoms. The molecule has 0 aromatic heterocycles. The highest BCUT2D eigenvalue weighted by molar-refractivity contribution is 5.85. The number of amides is 1. The van der Waals surface area contributed by atoms with Gasteiger partial charge in [0.15, 0.2) is 0 Å². The van der Waals surface area contributed by atoms with Crippen LogP contribution >= 0.6 is 0 Å². The molecule has 0 aromatic carbocycles. The van der Waals surface area contributed by atoms with Crippen molar-refractivity contribution in [1.29, 1.82) is 0 Å². The Bertz CT molecular complexity index is 225. The van der Waals surface area contributed by atoms with Gasteiger partial charge in [0.05, 0.1) is 12.0 Å². The molecule has 0 radical (unpaired) electrons. The largest absolute Gasteiger partial charge is 0.334 e. The van der Waals surface area contributed by atoms with Crippen molar-refractivity contribution in [2.75, 3.05) is 20.1 Å². The van der Waals surface area contributed by atoms with Gasteiger partial charge in [-0.1, -0.05) is 5.92 Å². The smallest absolute Gasteiger partial charge is 0.230 e. The molecule has 1 saturated carbocycles. The summed E-state index contributed by atoms with van der Waals surface area (Å²) in [7, 11) is 1.72. The Kier molecular flexibility index (Phi) is 2.39. The highest BCUT2D eigenvalue weighted by atomic mass is 16.2. The lowest BCUT2D eigenvalue weighted by atomic mass is 10.1. The predicted molar refractivity (Wildman–Crippen MR) is 47.2 cm³/mol. The lowest BCUT2D eigenvalue weighted by Crippen LogP contribution is -2.38. The molecular weight excluding hydrogens is 152 g/mol. The minimum atomic E-state index is -0.258. The molecule has 3 nitrogen and oxygen atoms in total. The van der Waals surface area contributed by atoms with Crippen LogP contribution in [0, 0.1) is 17.8 Å². The molecule has 3 heteroatoms. The van der Waals surface area contributed by atoms with Crippen LogP contribution in [0.5, 0.6) is 0 Å². The summed E-state index contributed by atoms with van der Waals surface area (Å²) in [6.07, 6.45) is 6.93. The fourth-order valence-electron chi connectivity index (χ4n) is 1.27. The summed E-state index contributed by atoms with van der Waals surface area (Å²) in [4.78, 5) is 13.2. The standard InChI is InChI=1S/C9H14N2O/c1-3-6-11(2)8(12)9(7-10)4-5-9/h1H,4-7,10H2,2H3. The van der Waals surface area contributed by atoms with E-state index in [2.05, 4.69) is 5.92 Å². The van der Waals surface area contributed by atoms with E-state index in [1.807, 2.05) is 0 Å². The molecule has 0 unspecified atom stereocenters. The summed E-state index contributed by atoms with van der Waals surface area (Å²) < 4.78 is 0. The molecule has 0 saturated heterocycles. The molecular formula is C9H14N2O. The van der Waals surface area contributed by atoms with E-state index in [0.29, 0.717) is 13.1 Å². The zero-order chi connectivity index (χ0) is 9.19. The van der Waals surface area contributed by atoms with Crippen molar-refractivity contribution in [3.8, 4) is 12.3 Å². The Morgan fingerprint density at radius 1 is 1.75 bits per heavy atom. The van der Waals surface area contributed by atoms with Crippen molar-refractivity contribution < 1.29 is 4.79 Å². The maximum absolute atomic E-state index is 11.6. The lowest BCUT2D eigenvalue weighted by Gasteiger charge is -2.19. The van der Waals surface area contributed by atoms with Gasteiger partial charge >= 0.3 is 0 Å². The van der Waals surface area contributed by atoms with Gasteiger partial charge in [0, 0.05) is 13.6 Å². The Hall–Kier alpha value is -1.01. The van der Waals surface area contributed by atoms with E-state index in [1.165, 1.54) is 0 Å². The Balaban J connectivity index is 2.53. The van der Waals surface area contributed by atoms with Gasteiger partial charge in [-0.15, -0.1) is 6.42 Å². The number of hydrogen-bond acceptors (Lipinski definition) is 2. The summed E-state index contributed by atoms with van der Waals surface area (Å²) >= 11 is 0. The van der Waals surface area contributed by atoms with Crippen molar-refractivity contribution in [1.82, 2.24) is 4.90 Å². The van der Waals surface area contributed by atoms with Gasteiger partial charge in [0.2, 0.25) is 5.91 Å². The van der Waals surface area contributed by atoms with Crippen LogP contribution in [0.2, 0.25) is 0 Å². The van der Waals surface area contributed by atoms with Crippen LogP contribution in [-0.4, -0.2) is 30.9 Å². The minimum absolute atomic E-state index is 0.1000. The minimum Gasteiger partial charge on any atom is -0.334 e. The van der Waals surface area contributed by atoms with E-state index in [0.717, 1.165) is 12.8 Å². The average molecular weight is 166 g/mol. The van der Waals surface area contributed by atoms with Crippen molar-refractivity contribution in [3.05, 3.63) is 0 Å². The zero-order valence-electron chi connectivity index (χ0n) is 7.34. The summed E-state index contributed by atoms with van der Waals surface area (Å²) in [6, 6.07) is 0. The molecule has 1 aliphatic rings. The van der Waals surface area contributed by atoms with Crippen LogP contribution < -0.4 is 5.73 Å². The van der Waals surface area contributed by atoms with Crippen molar-refractivity contribution in [3.63, 3.8) is 0 Å². The zero-order valence-corrected chi connectivity index (χ0v) is 7.34. The van der Waals surface area contributed by atoms with Crippen molar-refractivity contribution in [2.24, 2.45) is 11.1 Å². The molecule has 1 amide bonds. The number of rotatable bonds is 3. The maximum atomic E-state index is 11.6. The monoisotopic (exact) mass is 166 g/mol. The summed E-state index contributed by atoms with van der Waals surface area (Å²) in [5, 5.41) is 0. The highest BCUT2D eigenvalue weighted by Crippen LogP contribution is 2.45. The number of terminal acetylenes is 1. The quantitative estimate of drug-likeness (QED) is 0.591. The number of carbonyl (C=O) groups excluding carboxylic acids is 1. The second kappa shape index (κ2) is 3.16. The second-order valence-corrected chi connectivity index (χ2v) is 3.35. The van der Waals surface area contributed by atoms with Gasteiger partial charge < -0.3 is 10.6 Å². The topological polar surface area (TPSA) is 46.3 Å². The van der Waals surface area contributed by atoms with Crippen LogP contribution in [-0.2, 0) is 4.79 Å². The van der Waals surface area contributed by atoms with E-state index in [1.54, 1.807) is 11.9 Å². The van der Waals surface area contributed by atoms with Crippen LogP contribution in [0.15, 0.2) is 0 Å². The first-order valence-corrected chi connectivity index (χ1v) is 4.05. The van der Waals surface area contributed by atoms with Gasteiger partial charge in [-0.2, -0.15) is 0 Å². The fraction of sp³-hybridized carbons (Fsp3) is 0.667. The highest BCUT2D eigenvalue weighted by Gasteiger charge is 2.49. The number of hydrogen-bond donors (Lipinski definition) is 1. The molecule has 66 valence electrons. The Morgan fingerprint density at radius 3 is 2.67 bits per heavy atom. The molecule has 0 atom stereocenters. The summed E-state index contributed by atoms with van der Waals surface area (Å²) in [5.41, 5.74) is 5.25. The first kappa shape index (κ1) is 9.08. The van der Waals surface area contributed by atoms with Gasteiger partial charge in [-0.05, 0) is 12.8 Å². The third kappa shape index (κ3) is 1.44. The van der Waals surface area contributed by atoms with E-state index in [4.69, 9.17) is 12.2 Å². The SMILES string of the molecule is C#CCN(C)C(=O)C1(CN)CC1. The van der Waals surface area contributed by atoms with E-state index in [-0.39, 0.29) is 11.3 Å². The van der Waals surface area contributed by atoms with Crippen LogP contribution in [0.3, 0.4) is 0 Å². The van der Waals surface area contributed by atoms with Crippen LogP contribution in [0.1, 0.15) is 12.8 Å². The molecule has 2 N–H and O–H groups in total. The van der Waals surface area contributed by atoms with Gasteiger partial charge in [0.25, 0.3) is 0 Å². The predicted octanol–water partition coefficient (Wildman–Crippen LogP) is -0.183. The van der Waals surface area contributed by atoms with E-state index >= 15 is 0 Å². The van der Waals surface area contributed by atoms with Crippen molar-refractivity contribution in [2.45, 2.75) is 12.8 Å². The van der Waals surface area contributed by atoms with Gasteiger partial charge in [0.1, 0.15) is 0 Å². The lowest BCUT2D eigenvalue weighted by molar-refractivity contribution is -0.134. The van der Waals surface area contributed by atoms with E-state index in [9.17, 15) is 4.79 Å². The van der Waals surface area contributed by atoms with Crippen LogP contribution in [0.25, 0.3) is 0 Å². The molecule has 1 rings (SSSR count). The van der Waals surface area contributed by atoms with Gasteiger partial charge in [-0.3, -0.25) is 4.79 Å². The molecule has 0 aromatic rings. The Morgan fingerprint density at radius 2 is 2.33 bits per heavy atom. The molecule has 0 bridgehead atoms. The number of carbonyl (C=O) groups is 1. The number of nitrogens with two attached hydrogens (primary N) is 1. The normalized spacial score (nSPS) is 18.1. The molecule has 0 heterocycles. The average Bonchev–Trinajstić information content (AvgIpc) is 2.84. The first-order chi connectivity index (χ1) is 5.66. The Labute approximate surface area is 72.9 Å². The molecule has 12 heavy (non-hydrogen) atoms. The summed E-state index contributed by atoms with van der Waals surface area (Å²) in [6.45, 7) is 0.821. The maximum Gasteiger partial charge on any atom is 0.230 e. The molecule has 0 aliphatic heterocycles. The summed E-state index contributed by atoms with van der Waals surface area (Å²) in [5.74, 6) is 2.54. The van der Waals surface area contributed by atoms with Crippen molar-refractivity contribution >= 4 is 5.91 Å². The second-order valence-electron chi connectivity index (χ2n) is 3.35. The van der Waals surface area contributed by atoms with Crippen LogP contribution in [0.4, 0.5) is 0 Å². The third-order valence-corrected chi connectivity index (χ3v) is 2.37. The number of nitrogens with zero attached hydrogens (tertiary/aromatic N) is 1. The molecule has 1 fully saturated rings. The first-order valence-electron chi connectivity index (χ1n) is 4.05. The molecule has 1 aliphatic carbocycles.